The summed E-state index contributed by atoms with van der Waals surface area (Å²) >= 11 is 1.62. The van der Waals surface area contributed by atoms with Crippen molar-refractivity contribution >= 4 is 27.9 Å². The number of carbonyl (C=O) groups is 1. The normalized spacial score (nSPS) is 11.3. The van der Waals surface area contributed by atoms with E-state index in [1.165, 1.54) is 0 Å². The van der Waals surface area contributed by atoms with Crippen LogP contribution in [0, 0.1) is 0 Å². The summed E-state index contributed by atoms with van der Waals surface area (Å²) in [6.45, 7) is 6.43. The van der Waals surface area contributed by atoms with Gasteiger partial charge in [0.15, 0.2) is 5.78 Å². The number of thiazole rings is 1. The van der Waals surface area contributed by atoms with Crippen LogP contribution in [0.25, 0.3) is 21.2 Å². The first-order valence-electron chi connectivity index (χ1n) is 8.21. The van der Waals surface area contributed by atoms with E-state index in [9.17, 15) is 4.79 Å². The molecule has 0 amide bonds. The van der Waals surface area contributed by atoms with Gasteiger partial charge in [0.2, 0.25) is 0 Å². The second kappa shape index (κ2) is 7.64. The second-order valence-corrected chi connectivity index (χ2v) is 6.67. The van der Waals surface area contributed by atoms with E-state index in [0.29, 0.717) is 13.0 Å². The SMILES string of the molecule is CCN(CC)CC(=O)Cc1cc2cc(-c3cncs3)ccc2cn1. The molecule has 0 N–H and O–H groups in total. The van der Waals surface area contributed by atoms with Crippen molar-refractivity contribution in [1.29, 1.82) is 0 Å². The number of likely N-dealkylation sites (N-methyl/N-ethyl adjacent to an activating group) is 1. The van der Waals surface area contributed by atoms with Crippen molar-refractivity contribution in [3.8, 4) is 10.4 Å². The van der Waals surface area contributed by atoms with E-state index in [1.54, 1.807) is 11.3 Å². The quantitative estimate of drug-likeness (QED) is 0.657. The number of aromatic nitrogens is 2. The third-order valence-electron chi connectivity index (χ3n) is 4.17. The topological polar surface area (TPSA) is 46.1 Å². The summed E-state index contributed by atoms with van der Waals surface area (Å²) in [6, 6.07) is 8.32. The summed E-state index contributed by atoms with van der Waals surface area (Å²) in [5.74, 6) is 0.212. The van der Waals surface area contributed by atoms with Crippen LogP contribution in [0.5, 0.6) is 0 Å². The Morgan fingerprint density at radius 3 is 2.67 bits per heavy atom. The minimum absolute atomic E-state index is 0.212. The molecule has 0 saturated heterocycles. The summed E-state index contributed by atoms with van der Waals surface area (Å²) in [6.07, 6.45) is 4.12. The monoisotopic (exact) mass is 339 g/mol. The zero-order chi connectivity index (χ0) is 16.9. The predicted octanol–water partition coefficient (Wildman–Crippen LogP) is 3.81. The van der Waals surface area contributed by atoms with Gasteiger partial charge < -0.3 is 0 Å². The Kier molecular flexibility index (Phi) is 5.33. The van der Waals surface area contributed by atoms with Gasteiger partial charge in [0.1, 0.15) is 0 Å². The molecule has 5 heteroatoms. The van der Waals surface area contributed by atoms with Gasteiger partial charge in [-0.3, -0.25) is 19.7 Å². The Morgan fingerprint density at radius 2 is 1.96 bits per heavy atom. The Hall–Kier alpha value is -2.11. The van der Waals surface area contributed by atoms with Crippen molar-refractivity contribution in [1.82, 2.24) is 14.9 Å². The minimum atomic E-state index is 0.212. The molecular formula is C19H21N3OS. The van der Waals surface area contributed by atoms with Crippen molar-refractivity contribution in [2.75, 3.05) is 19.6 Å². The predicted molar refractivity (Wildman–Crippen MR) is 99.4 cm³/mol. The summed E-state index contributed by atoms with van der Waals surface area (Å²) < 4.78 is 0. The van der Waals surface area contributed by atoms with Crippen LogP contribution in [-0.2, 0) is 11.2 Å². The summed E-state index contributed by atoms with van der Waals surface area (Å²) in [5, 5.41) is 2.20. The molecule has 2 heterocycles. The Morgan fingerprint density at radius 1 is 1.12 bits per heavy atom. The van der Waals surface area contributed by atoms with Gasteiger partial charge in [0.05, 0.1) is 23.4 Å². The van der Waals surface area contributed by atoms with Crippen LogP contribution >= 0.6 is 11.3 Å². The number of hydrogen-bond acceptors (Lipinski definition) is 5. The van der Waals surface area contributed by atoms with Crippen LogP contribution in [0.4, 0.5) is 0 Å². The van der Waals surface area contributed by atoms with Crippen LogP contribution < -0.4 is 0 Å². The lowest BCUT2D eigenvalue weighted by Crippen LogP contribution is -2.30. The summed E-state index contributed by atoms with van der Waals surface area (Å²) in [7, 11) is 0. The Labute approximate surface area is 146 Å². The molecule has 24 heavy (non-hydrogen) atoms. The highest BCUT2D eigenvalue weighted by molar-refractivity contribution is 7.13. The van der Waals surface area contributed by atoms with Crippen LogP contribution in [0.3, 0.4) is 0 Å². The maximum absolute atomic E-state index is 12.2. The molecule has 124 valence electrons. The van der Waals surface area contributed by atoms with Crippen molar-refractivity contribution in [3.05, 3.63) is 47.9 Å². The molecule has 0 unspecified atom stereocenters. The van der Waals surface area contributed by atoms with Gasteiger partial charge in [-0.05, 0) is 36.2 Å². The van der Waals surface area contributed by atoms with E-state index in [4.69, 9.17) is 0 Å². The van der Waals surface area contributed by atoms with Gasteiger partial charge in [-0.25, -0.2) is 0 Å². The minimum Gasteiger partial charge on any atom is -0.298 e. The highest BCUT2D eigenvalue weighted by Gasteiger charge is 2.10. The molecule has 0 aliphatic heterocycles. The van der Waals surface area contributed by atoms with Crippen LogP contribution in [0.2, 0.25) is 0 Å². The van der Waals surface area contributed by atoms with Gasteiger partial charge >= 0.3 is 0 Å². The molecule has 3 rings (SSSR count). The molecule has 1 aromatic carbocycles. The molecule has 2 aromatic heterocycles. The molecule has 0 spiro atoms. The molecule has 0 bridgehead atoms. The Bertz CT molecular complexity index is 826. The molecule has 0 radical (unpaired) electrons. The third kappa shape index (κ3) is 3.86. The van der Waals surface area contributed by atoms with Gasteiger partial charge in [0.25, 0.3) is 0 Å². The molecule has 0 saturated carbocycles. The standard InChI is InChI=1S/C19H21N3OS/c1-3-22(4-2)12-18(23)9-17-8-16-7-14(19-11-20-13-24-19)5-6-15(16)10-21-17/h5-8,10-11,13H,3-4,9,12H2,1-2H3. The van der Waals surface area contributed by atoms with E-state index in [2.05, 4.69) is 46.9 Å². The zero-order valence-electron chi connectivity index (χ0n) is 14.0. The maximum atomic E-state index is 12.2. The molecule has 0 aliphatic rings. The molecule has 3 aromatic rings. The number of fused-ring (bicyclic) bond motifs is 1. The van der Waals surface area contributed by atoms with Crippen LogP contribution in [0.1, 0.15) is 19.5 Å². The van der Waals surface area contributed by atoms with Gasteiger partial charge in [0, 0.05) is 23.5 Å². The van der Waals surface area contributed by atoms with Crippen LogP contribution in [0.15, 0.2) is 42.2 Å². The first-order valence-corrected chi connectivity index (χ1v) is 9.09. The second-order valence-electron chi connectivity index (χ2n) is 5.78. The van der Waals surface area contributed by atoms with Crippen molar-refractivity contribution < 1.29 is 4.79 Å². The average molecular weight is 339 g/mol. The van der Waals surface area contributed by atoms with Crippen molar-refractivity contribution in [3.63, 3.8) is 0 Å². The lowest BCUT2D eigenvalue weighted by atomic mass is 10.1. The number of nitrogens with zero attached hydrogens (tertiary/aromatic N) is 3. The number of carbonyl (C=O) groups excluding carboxylic acids is 1. The van der Waals surface area contributed by atoms with Crippen molar-refractivity contribution in [2.45, 2.75) is 20.3 Å². The molecule has 4 nitrogen and oxygen atoms in total. The van der Waals surface area contributed by atoms with E-state index in [-0.39, 0.29) is 5.78 Å². The fraction of sp³-hybridized carbons (Fsp3) is 0.316. The average Bonchev–Trinajstić information content (AvgIpc) is 3.13. The first-order chi connectivity index (χ1) is 11.7. The van der Waals surface area contributed by atoms with Crippen LogP contribution in [-0.4, -0.2) is 40.3 Å². The Balaban J connectivity index is 1.81. The van der Waals surface area contributed by atoms with E-state index < -0.39 is 0 Å². The molecule has 0 fully saturated rings. The number of benzene rings is 1. The molecule has 0 atom stereocenters. The third-order valence-corrected chi connectivity index (χ3v) is 4.99. The fourth-order valence-corrected chi connectivity index (χ4v) is 3.37. The fourth-order valence-electron chi connectivity index (χ4n) is 2.75. The molecular weight excluding hydrogens is 318 g/mol. The number of rotatable bonds is 7. The lowest BCUT2D eigenvalue weighted by Gasteiger charge is -2.16. The first kappa shape index (κ1) is 16.7. The largest absolute Gasteiger partial charge is 0.298 e. The summed E-state index contributed by atoms with van der Waals surface area (Å²) in [4.78, 5) is 24.1. The summed E-state index contributed by atoms with van der Waals surface area (Å²) in [5.41, 5.74) is 3.82. The highest BCUT2D eigenvalue weighted by atomic mass is 32.1. The van der Waals surface area contributed by atoms with Crippen molar-refractivity contribution in [2.24, 2.45) is 0 Å². The number of pyridine rings is 1. The molecule has 0 aliphatic carbocycles. The van der Waals surface area contributed by atoms with E-state index >= 15 is 0 Å². The van der Waals surface area contributed by atoms with E-state index in [0.717, 1.165) is 40.0 Å². The van der Waals surface area contributed by atoms with Gasteiger partial charge in [-0.2, -0.15) is 0 Å². The highest BCUT2D eigenvalue weighted by Crippen LogP contribution is 2.27. The smallest absolute Gasteiger partial charge is 0.152 e. The van der Waals surface area contributed by atoms with Gasteiger partial charge in [-0.1, -0.05) is 26.0 Å². The number of Topliss-reactive ketones (excluding diaryl/α,β-unsaturated/α-hetero) is 1. The van der Waals surface area contributed by atoms with E-state index in [1.807, 2.05) is 24.0 Å². The lowest BCUT2D eigenvalue weighted by molar-refractivity contribution is -0.119. The number of hydrogen-bond donors (Lipinski definition) is 0. The van der Waals surface area contributed by atoms with Gasteiger partial charge in [-0.15, -0.1) is 11.3 Å². The zero-order valence-corrected chi connectivity index (χ0v) is 14.8. The maximum Gasteiger partial charge on any atom is 0.152 e. The number of ketones is 1.